The molecule has 22 heavy (non-hydrogen) atoms. The summed E-state index contributed by atoms with van der Waals surface area (Å²) in [7, 11) is 0. The minimum absolute atomic E-state index is 0.152. The smallest absolute Gasteiger partial charge is 0.235 e. The summed E-state index contributed by atoms with van der Waals surface area (Å²) in [5.41, 5.74) is 1.16. The monoisotopic (exact) mass is 290 g/mol. The van der Waals surface area contributed by atoms with Crippen LogP contribution in [0.1, 0.15) is 6.92 Å². The Morgan fingerprint density at radius 1 is 1.05 bits per heavy atom. The molecule has 0 saturated heterocycles. The first kappa shape index (κ1) is 14.0. The van der Waals surface area contributed by atoms with Crippen molar-refractivity contribution < 1.29 is 9.15 Å². The first-order valence-electron chi connectivity index (χ1n) is 6.95. The van der Waals surface area contributed by atoms with Crippen LogP contribution in [0, 0.1) is 11.8 Å². The molecule has 0 saturated carbocycles. The third kappa shape index (κ3) is 2.59. The van der Waals surface area contributed by atoms with E-state index < -0.39 is 0 Å². The Morgan fingerprint density at radius 3 is 2.55 bits per heavy atom. The zero-order chi connectivity index (χ0) is 15.4. The van der Waals surface area contributed by atoms with Crippen molar-refractivity contribution in [2.45, 2.75) is 6.92 Å². The van der Waals surface area contributed by atoms with Crippen molar-refractivity contribution in [1.29, 1.82) is 0 Å². The van der Waals surface area contributed by atoms with Crippen LogP contribution in [0.15, 0.2) is 63.8 Å². The molecule has 3 aromatic rings. The van der Waals surface area contributed by atoms with Crippen molar-refractivity contribution in [3.63, 3.8) is 0 Å². The van der Waals surface area contributed by atoms with E-state index in [-0.39, 0.29) is 17.8 Å². The molecule has 0 radical (unpaired) electrons. The van der Waals surface area contributed by atoms with Gasteiger partial charge in [-0.15, -0.1) is 5.92 Å². The minimum atomic E-state index is -0.182. The van der Waals surface area contributed by atoms with E-state index in [9.17, 15) is 4.79 Å². The van der Waals surface area contributed by atoms with E-state index in [2.05, 4.69) is 11.8 Å². The zero-order valence-electron chi connectivity index (χ0n) is 12.1. The van der Waals surface area contributed by atoms with Crippen LogP contribution >= 0.6 is 0 Å². The molecule has 0 aliphatic heterocycles. The van der Waals surface area contributed by atoms with E-state index in [0.29, 0.717) is 16.7 Å². The van der Waals surface area contributed by atoms with Crippen LogP contribution in [0.4, 0.5) is 0 Å². The summed E-state index contributed by atoms with van der Waals surface area (Å²) in [5, 5.41) is 0.502. The van der Waals surface area contributed by atoms with Crippen LogP contribution in [0.2, 0.25) is 0 Å². The normalized spacial score (nSPS) is 10.0. The van der Waals surface area contributed by atoms with Gasteiger partial charge in [0.1, 0.15) is 12.2 Å². The molecule has 0 unspecified atom stereocenters. The van der Waals surface area contributed by atoms with Crippen molar-refractivity contribution in [3.05, 3.63) is 64.8 Å². The van der Waals surface area contributed by atoms with Crippen molar-refractivity contribution in [1.82, 2.24) is 0 Å². The number of para-hydroxylation sites is 1. The molecule has 3 heteroatoms. The van der Waals surface area contributed by atoms with Crippen molar-refractivity contribution >= 4 is 11.0 Å². The van der Waals surface area contributed by atoms with Crippen LogP contribution < -0.4 is 10.2 Å². The second-order valence-corrected chi connectivity index (χ2v) is 4.67. The van der Waals surface area contributed by atoms with Gasteiger partial charge in [-0.25, -0.2) is 0 Å². The number of fused-ring (bicyclic) bond motifs is 1. The second kappa shape index (κ2) is 6.19. The lowest BCUT2D eigenvalue weighted by Crippen LogP contribution is -2.10. The van der Waals surface area contributed by atoms with Gasteiger partial charge < -0.3 is 9.15 Å². The molecule has 0 bridgehead atoms. The van der Waals surface area contributed by atoms with Crippen molar-refractivity contribution in [2.75, 3.05) is 6.61 Å². The first-order valence-corrected chi connectivity index (χ1v) is 6.95. The summed E-state index contributed by atoms with van der Waals surface area (Å²) >= 11 is 0. The Hall–Kier alpha value is -2.99. The fraction of sp³-hybridized carbons (Fsp3) is 0.105. The standard InChI is InChI=1S/C19H14O3/c1-2-3-13-21-19-17(20)15-11-7-8-12-16(15)22-18(19)14-9-5-4-6-10-14/h4-12H,13H2,1H3. The van der Waals surface area contributed by atoms with E-state index >= 15 is 0 Å². The molecule has 1 aromatic heterocycles. The lowest BCUT2D eigenvalue weighted by Gasteiger charge is -2.09. The highest BCUT2D eigenvalue weighted by Gasteiger charge is 2.16. The highest BCUT2D eigenvalue weighted by Crippen LogP contribution is 2.30. The summed E-state index contributed by atoms with van der Waals surface area (Å²) in [6.07, 6.45) is 0. The molecule has 0 spiro atoms. The van der Waals surface area contributed by atoms with Crippen LogP contribution in [-0.4, -0.2) is 6.61 Å². The van der Waals surface area contributed by atoms with Gasteiger partial charge in [-0.3, -0.25) is 4.79 Å². The fourth-order valence-corrected chi connectivity index (χ4v) is 2.22. The molecule has 0 fully saturated rings. The summed E-state index contributed by atoms with van der Waals surface area (Å²) in [6, 6.07) is 16.6. The maximum atomic E-state index is 12.7. The van der Waals surface area contributed by atoms with Crippen LogP contribution in [0.25, 0.3) is 22.3 Å². The largest absolute Gasteiger partial charge is 0.473 e. The van der Waals surface area contributed by atoms with E-state index in [1.54, 1.807) is 25.1 Å². The van der Waals surface area contributed by atoms with Gasteiger partial charge in [0.15, 0.2) is 5.76 Å². The van der Waals surface area contributed by atoms with Gasteiger partial charge >= 0.3 is 0 Å². The Balaban J connectivity index is 2.25. The molecule has 1 heterocycles. The first-order chi connectivity index (χ1) is 10.8. The van der Waals surface area contributed by atoms with Gasteiger partial charge in [0.05, 0.1) is 5.39 Å². The topological polar surface area (TPSA) is 39.4 Å². The number of hydrogen-bond donors (Lipinski definition) is 0. The second-order valence-electron chi connectivity index (χ2n) is 4.67. The zero-order valence-corrected chi connectivity index (χ0v) is 12.1. The maximum absolute atomic E-state index is 12.7. The lowest BCUT2D eigenvalue weighted by molar-refractivity contribution is 0.358. The third-order valence-electron chi connectivity index (χ3n) is 3.26. The van der Waals surface area contributed by atoms with E-state index in [1.807, 2.05) is 36.4 Å². The predicted octanol–water partition coefficient (Wildman–Crippen LogP) is 3.86. The van der Waals surface area contributed by atoms with E-state index in [4.69, 9.17) is 9.15 Å². The molecule has 0 N–H and O–H groups in total. The maximum Gasteiger partial charge on any atom is 0.235 e. The molecule has 0 amide bonds. The Labute approximate surface area is 128 Å². The highest BCUT2D eigenvalue weighted by molar-refractivity contribution is 5.81. The molecule has 3 rings (SSSR count). The Bertz CT molecular complexity index is 912. The average Bonchev–Trinajstić information content (AvgIpc) is 2.57. The molecule has 108 valence electrons. The summed E-state index contributed by atoms with van der Waals surface area (Å²) < 4.78 is 11.5. The van der Waals surface area contributed by atoms with E-state index in [1.165, 1.54) is 0 Å². The fourth-order valence-electron chi connectivity index (χ4n) is 2.22. The minimum Gasteiger partial charge on any atom is -0.473 e. The Kier molecular flexibility index (Phi) is 3.93. The molecule has 0 aliphatic rings. The number of ether oxygens (including phenoxy) is 1. The van der Waals surface area contributed by atoms with Crippen molar-refractivity contribution in [3.8, 4) is 28.9 Å². The van der Waals surface area contributed by atoms with E-state index in [0.717, 1.165) is 5.56 Å². The predicted molar refractivity (Wildman–Crippen MR) is 86.9 cm³/mol. The van der Waals surface area contributed by atoms with Gasteiger partial charge in [0.25, 0.3) is 0 Å². The molecular formula is C19H14O3. The van der Waals surface area contributed by atoms with Gasteiger partial charge in [-0.2, -0.15) is 0 Å². The summed E-state index contributed by atoms with van der Waals surface area (Å²) in [6.45, 7) is 1.88. The van der Waals surface area contributed by atoms with Gasteiger partial charge in [0, 0.05) is 5.56 Å². The summed E-state index contributed by atoms with van der Waals surface area (Å²) in [5.74, 6) is 6.18. The SMILES string of the molecule is CC#CCOc1c(-c2ccccc2)oc2ccccc2c1=O. The molecule has 0 aliphatic carbocycles. The van der Waals surface area contributed by atoms with Gasteiger partial charge in [-0.05, 0) is 19.1 Å². The van der Waals surface area contributed by atoms with Crippen LogP contribution in [0.3, 0.4) is 0 Å². The lowest BCUT2D eigenvalue weighted by atomic mass is 10.1. The molecule has 3 nitrogen and oxygen atoms in total. The summed E-state index contributed by atoms with van der Waals surface area (Å²) in [4.78, 5) is 12.7. The van der Waals surface area contributed by atoms with Gasteiger partial charge in [-0.1, -0.05) is 48.4 Å². The average molecular weight is 290 g/mol. The van der Waals surface area contributed by atoms with Gasteiger partial charge in [0.2, 0.25) is 11.2 Å². The van der Waals surface area contributed by atoms with Crippen LogP contribution in [-0.2, 0) is 0 Å². The number of hydrogen-bond acceptors (Lipinski definition) is 3. The highest BCUT2D eigenvalue weighted by atomic mass is 16.5. The van der Waals surface area contributed by atoms with Crippen LogP contribution in [0.5, 0.6) is 5.75 Å². The molecule has 2 aromatic carbocycles. The number of rotatable bonds is 3. The van der Waals surface area contributed by atoms with Crippen molar-refractivity contribution in [2.24, 2.45) is 0 Å². The molecule has 0 atom stereocenters. The quantitative estimate of drug-likeness (QED) is 0.688. The molecular weight excluding hydrogens is 276 g/mol. The Morgan fingerprint density at radius 2 is 1.77 bits per heavy atom. The third-order valence-corrected chi connectivity index (χ3v) is 3.26. The number of benzene rings is 2.